The van der Waals surface area contributed by atoms with E-state index in [0.29, 0.717) is 34.1 Å². The molecule has 1 aliphatic carbocycles. The van der Waals surface area contributed by atoms with Crippen molar-refractivity contribution in [3.05, 3.63) is 64.3 Å². The van der Waals surface area contributed by atoms with E-state index in [0.717, 1.165) is 63.4 Å². The predicted molar refractivity (Wildman–Crippen MR) is 156 cm³/mol. The number of ether oxygens (including phenoxy) is 3. The first-order chi connectivity index (χ1) is 19.4. The summed E-state index contributed by atoms with van der Waals surface area (Å²) < 4.78 is 16.9. The summed E-state index contributed by atoms with van der Waals surface area (Å²) in [4.78, 5) is 24.2. The summed E-state index contributed by atoms with van der Waals surface area (Å²) in [7, 11) is 1.70. The quantitative estimate of drug-likeness (QED) is 0.260. The van der Waals surface area contributed by atoms with E-state index in [-0.39, 0.29) is 6.10 Å². The maximum absolute atomic E-state index is 12.6. The van der Waals surface area contributed by atoms with Gasteiger partial charge < -0.3 is 24.8 Å². The number of carbonyl (C=O) groups excluding carboxylic acids is 1. The third-order valence-electron chi connectivity index (χ3n) is 7.28. The standard InChI is InChI=1S/C30H36ClN5O4/c1-19(2)40-29(37)23-8-4-5-10-25(23)33-28-24(31)18-32-30(35-28)34-26-12-11-20-17-21(36-13-15-39-16-14-36)7-6-9-22(20)27(26)38-3/h4-5,8,10-12,18-19,21H,6-7,9,13-17H2,1-3H3,(H2,32,33,34,35). The van der Waals surface area contributed by atoms with Crippen molar-refractivity contribution in [1.29, 1.82) is 0 Å². The lowest BCUT2D eigenvalue weighted by Gasteiger charge is -2.34. The third kappa shape index (κ3) is 6.49. The summed E-state index contributed by atoms with van der Waals surface area (Å²) in [6.45, 7) is 7.22. The zero-order chi connectivity index (χ0) is 28.1. The van der Waals surface area contributed by atoms with Gasteiger partial charge >= 0.3 is 5.97 Å². The van der Waals surface area contributed by atoms with Crippen LogP contribution in [0.2, 0.25) is 5.02 Å². The number of rotatable bonds is 8. The largest absolute Gasteiger partial charge is 0.494 e. The number of nitrogens with zero attached hydrogens (tertiary/aromatic N) is 3. The van der Waals surface area contributed by atoms with Crippen LogP contribution in [0.4, 0.5) is 23.1 Å². The average Bonchev–Trinajstić information content (AvgIpc) is 3.18. The number of halogens is 1. The topological polar surface area (TPSA) is 97.8 Å². The normalized spacial score (nSPS) is 17.6. The minimum atomic E-state index is -0.424. The van der Waals surface area contributed by atoms with Crippen molar-refractivity contribution >= 4 is 40.7 Å². The van der Waals surface area contributed by atoms with Gasteiger partial charge in [-0.05, 0) is 68.9 Å². The first kappa shape index (κ1) is 28.1. The second kappa shape index (κ2) is 12.8. The lowest BCUT2D eigenvalue weighted by Crippen LogP contribution is -2.44. The van der Waals surface area contributed by atoms with Crippen LogP contribution < -0.4 is 15.4 Å². The SMILES string of the molecule is COc1c(Nc2ncc(Cl)c(Nc3ccccc3C(=O)OC(C)C)n2)ccc2c1CCCC(N1CCOCC1)C2. The van der Waals surface area contributed by atoms with Crippen LogP contribution in [0.25, 0.3) is 0 Å². The molecule has 0 radical (unpaired) electrons. The van der Waals surface area contributed by atoms with Crippen molar-refractivity contribution in [2.45, 2.75) is 51.7 Å². The van der Waals surface area contributed by atoms with Gasteiger partial charge in [-0.15, -0.1) is 0 Å². The van der Waals surface area contributed by atoms with E-state index in [9.17, 15) is 4.79 Å². The molecule has 1 unspecified atom stereocenters. The lowest BCUT2D eigenvalue weighted by atomic mass is 9.99. The van der Waals surface area contributed by atoms with Gasteiger partial charge in [-0.2, -0.15) is 4.98 Å². The third-order valence-corrected chi connectivity index (χ3v) is 7.55. The number of aromatic nitrogens is 2. The molecule has 2 heterocycles. The highest BCUT2D eigenvalue weighted by Gasteiger charge is 2.27. The minimum Gasteiger partial charge on any atom is -0.494 e. The van der Waals surface area contributed by atoms with Crippen LogP contribution in [-0.2, 0) is 22.3 Å². The Bertz CT molecular complexity index is 1350. The maximum Gasteiger partial charge on any atom is 0.340 e. The van der Waals surface area contributed by atoms with Crippen molar-refractivity contribution in [3.8, 4) is 5.75 Å². The van der Waals surface area contributed by atoms with Gasteiger partial charge in [0.05, 0.1) is 49.6 Å². The molecular formula is C30H36ClN5O4. The average molecular weight is 566 g/mol. The van der Waals surface area contributed by atoms with Gasteiger partial charge in [-0.3, -0.25) is 4.90 Å². The highest BCUT2D eigenvalue weighted by Crippen LogP contribution is 2.38. The Morgan fingerprint density at radius 3 is 2.70 bits per heavy atom. The number of carbonyl (C=O) groups is 1. The molecule has 3 aromatic rings. The van der Waals surface area contributed by atoms with E-state index in [2.05, 4.69) is 31.6 Å². The first-order valence-electron chi connectivity index (χ1n) is 13.8. The summed E-state index contributed by atoms with van der Waals surface area (Å²) in [6, 6.07) is 11.8. The highest BCUT2D eigenvalue weighted by atomic mass is 35.5. The Kier molecular flexibility index (Phi) is 9.04. The van der Waals surface area contributed by atoms with Crippen LogP contribution in [-0.4, -0.2) is 66.4 Å². The number of benzene rings is 2. The molecule has 1 saturated heterocycles. The van der Waals surface area contributed by atoms with E-state index < -0.39 is 5.97 Å². The van der Waals surface area contributed by atoms with E-state index in [1.807, 2.05) is 26.0 Å². The summed E-state index contributed by atoms with van der Waals surface area (Å²) >= 11 is 6.45. The molecular weight excluding hydrogens is 530 g/mol. The monoisotopic (exact) mass is 565 g/mol. The smallest absolute Gasteiger partial charge is 0.340 e. The van der Waals surface area contributed by atoms with Crippen LogP contribution in [0, 0.1) is 0 Å². The first-order valence-corrected chi connectivity index (χ1v) is 14.2. The predicted octanol–water partition coefficient (Wildman–Crippen LogP) is 5.77. The Hall–Kier alpha value is -3.40. The second-order valence-corrected chi connectivity index (χ2v) is 10.7. The van der Waals surface area contributed by atoms with Gasteiger partial charge in [0.2, 0.25) is 5.95 Å². The van der Waals surface area contributed by atoms with Crippen molar-refractivity contribution in [1.82, 2.24) is 14.9 Å². The number of nitrogens with one attached hydrogen (secondary N) is 2. The molecule has 9 nitrogen and oxygen atoms in total. The fourth-order valence-electron chi connectivity index (χ4n) is 5.40. The zero-order valence-electron chi connectivity index (χ0n) is 23.2. The highest BCUT2D eigenvalue weighted by molar-refractivity contribution is 6.33. The molecule has 0 saturated carbocycles. The molecule has 1 atom stereocenters. The molecule has 2 aliphatic rings. The maximum atomic E-state index is 12.6. The Labute approximate surface area is 240 Å². The molecule has 5 rings (SSSR count). The van der Waals surface area contributed by atoms with Gasteiger partial charge in [0, 0.05) is 19.1 Å². The molecule has 0 amide bonds. The van der Waals surface area contributed by atoms with Gasteiger partial charge in [0.15, 0.2) is 5.82 Å². The number of morpholine rings is 1. The molecule has 2 N–H and O–H groups in total. The second-order valence-electron chi connectivity index (χ2n) is 10.3. The number of hydrogen-bond acceptors (Lipinski definition) is 9. The van der Waals surface area contributed by atoms with Crippen LogP contribution in [0.1, 0.15) is 48.2 Å². The molecule has 2 aromatic carbocycles. The molecule has 1 aromatic heterocycles. The number of esters is 1. The van der Waals surface area contributed by atoms with Crippen LogP contribution in [0.15, 0.2) is 42.6 Å². The minimum absolute atomic E-state index is 0.236. The van der Waals surface area contributed by atoms with Crippen LogP contribution in [0.3, 0.4) is 0 Å². The number of fused-ring (bicyclic) bond motifs is 1. The fourth-order valence-corrected chi connectivity index (χ4v) is 5.54. The van der Waals surface area contributed by atoms with Crippen molar-refractivity contribution in [2.75, 3.05) is 44.0 Å². The molecule has 1 aliphatic heterocycles. The summed E-state index contributed by atoms with van der Waals surface area (Å²) in [5.74, 6) is 1.11. The van der Waals surface area contributed by atoms with Crippen molar-refractivity contribution in [3.63, 3.8) is 0 Å². The van der Waals surface area contributed by atoms with Gasteiger partial charge in [0.1, 0.15) is 10.8 Å². The number of methoxy groups -OCH3 is 1. The van der Waals surface area contributed by atoms with Gasteiger partial charge in [-0.1, -0.05) is 29.8 Å². The zero-order valence-corrected chi connectivity index (χ0v) is 24.0. The van der Waals surface area contributed by atoms with Crippen LogP contribution in [0.5, 0.6) is 5.75 Å². The molecule has 10 heteroatoms. The summed E-state index contributed by atoms with van der Waals surface area (Å²) in [6.07, 6.45) is 5.49. The fraction of sp³-hybridized carbons (Fsp3) is 0.433. The van der Waals surface area contributed by atoms with Gasteiger partial charge in [-0.25, -0.2) is 9.78 Å². The number of para-hydroxylation sites is 1. The Balaban J connectivity index is 1.37. The molecule has 40 heavy (non-hydrogen) atoms. The van der Waals surface area contributed by atoms with Crippen molar-refractivity contribution in [2.24, 2.45) is 0 Å². The molecule has 0 bridgehead atoms. The Morgan fingerprint density at radius 2 is 1.93 bits per heavy atom. The van der Waals surface area contributed by atoms with Gasteiger partial charge in [0.25, 0.3) is 0 Å². The molecule has 0 spiro atoms. The van der Waals surface area contributed by atoms with Crippen LogP contribution >= 0.6 is 11.6 Å². The van der Waals surface area contributed by atoms with E-state index in [1.54, 1.807) is 25.3 Å². The number of hydrogen-bond donors (Lipinski definition) is 2. The molecule has 1 fully saturated rings. The summed E-state index contributed by atoms with van der Waals surface area (Å²) in [5.41, 5.74) is 4.27. The van der Waals surface area contributed by atoms with E-state index in [1.165, 1.54) is 17.3 Å². The summed E-state index contributed by atoms with van der Waals surface area (Å²) in [5, 5.41) is 6.82. The lowest BCUT2D eigenvalue weighted by molar-refractivity contribution is 0.0149. The van der Waals surface area contributed by atoms with E-state index in [4.69, 9.17) is 25.8 Å². The molecule has 212 valence electrons. The Morgan fingerprint density at radius 1 is 1.12 bits per heavy atom. The van der Waals surface area contributed by atoms with E-state index >= 15 is 0 Å². The van der Waals surface area contributed by atoms with Crippen molar-refractivity contribution < 1.29 is 19.0 Å². The number of anilines is 4.